The Hall–Kier alpha value is -3.87. The smallest absolute Gasteiger partial charge is 0.291 e. The van der Waals surface area contributed by atoms with E-state index in [0.29, 0.717) is 40.6 Å². The van der Waals surface area contributed by atoms with Crippen molar-refractivity contribution in [2.45, 2.75) is 32.1 Å². The number of fused-ring (bicyclic) bond motifs is 1. The number of nitrogens with one attached hydrogen (secondary N) is 2. The quantitative estimate of drug-likeness (QED) is 0.252. The van der Waals surface area contributed by atoms with Crippen molar-refractivity contribution in [2.75, 3.05) is 5.32 Å². The van der Waals surface area contributed by atoms with E-state index in [-0.39, 0.29) is 16.7 Å². The van der Waals surface area contributed by atoms with E-state index in [1.807, 2.05) is 67.6 Å². The van der Waals surface area contributed by atoms with Crippen LogP contribution < -0.4 is 10.7 Å². The van der Waals surface area contributed by atoms with Crippen molar-refractivity contribution in [2.24, 2.45) is 5.10 Å². The summed E-state index contributed by atoms with van der Waals surface area (Å²) in [5.41, 5.74) is 7.03. The topological polar surface area (TPSA) is 83.7 Å². The van der Waals surface area contributed by atoms with Crippen molar-refractivity contribution in [1.29, 1.82) is 0 Å². The zero-order valence-electron chi connectivity index (χ0n) is 20.6. The van der Waals surface area contributed by atoms with E-state index in [2.05, 4.69) is 15.8 Å². The molecular weight excluding hydrogens is 521 g/mol. The van der Waals surface area contributed by atoms with Gasteiger partial charge in [-0.25, -0.2) is 5.43 Å². The Kier molecular flexibility index (Phi) is 7.63. The summed E-state index contributed by atoms with van der Waals surface area (Å²) in [5, 5.41) is 7.90. The number of nitrogens with zero attached hydrogens (tertiary/aromatic N) is 1. The highest BCUT2D eigenvalue weighted by molar-refractivity contribution is 6.44. The van der Waals surface area contributed by atoms with Crippen LogP contribution in [0.1, 0.15) is 57.3 Å². The van der Waals surface area contributed by atoms with Crippen LogP contribution in [-0.2, 0) is 11.2 Å². The van der Waals surface area contributed by atoms with E-state index in [4.69, 9.17) is 27.6 Å². The van der Waals surface area contributed by atoms with Gasteiger partial charge < -0.3 is 9.73 Å². The molecule has 0 bridgehead atoms. The minimum atomic E-state index is -0.515. The molecule has 0 aliphatic heterocycles. The monoisotopic (exact) mass is 545 g/mol. The summed E-state index contributed by atoms with van der Waals surface area (Å²) in [5.74, 6) is -0.335. The van der Waals surface area contributed by atoms with Gasteiger partial charge in [0.1, 0.15) is 5.76 Å². The number of benzene rings is 3. The highest BCUT2D eigenvalue weighted by Gasteiger charge is 2.29. The summed E-state index contributed by atoms with van der Waals surface area (Å²) in [6.07, 6.45) is 2.11. The van der Waals surface area contributed by atoms with Crippen LogP contribution >= 0.6 is 23.2 Å². The van der Waals surface area contributed by atoms with Gasteiger partial charge in [-0.3, -0.25) is 9.59 Å². The molecule has 2 amide bonds. The minimum absolute atomic E-state index is 0.179. The summed E-state index contributed by atoms with van der Waals surface area (Å²) in [7, 11) is 0. The maximum absolute atomic E-state index is 13.4. The Bertz CT molecular complexity index is 1480. The van der Waals surface area contributed by atoms with Crippen molar-refractivity contribution in [3.8, 4) is 0 Å². The average Bonchev–Trinajstić information content (AvgIpc) is 3.28. The largest absolute Gasteiger partial charge is 0.455 e. The molecule has 5 rings (SSSR count). The predicted molar refractivity (Wildman–Crippen MR) is 150 cm³/mol. The van der Waals surface area contributed by atoms with Crippen LogP contribution in [0.25, 0.3) is 0 Å². The summed E-state index contributed by atoms with van der Waals surface area (Å²) in [6.45, 7) is 1.82. The number of hydrogen-bond acceptors (Lipinski definition) is 4. The summed E-state index contributed by atoms with van der Waals surface area (Å²) >= 11 is 12.3. The molecule has 38 heavy (non-hydrogen) atoms. The summed E-state index contributed by atoms with van der Waals surface area (Å²) in [4.78, 5) is 26.5. The Morgan fingerprint density at radius 3 is 2.21 bits per heavy atom. The van der Waals surface area contributed by atoms with Crippen LogP contribution in [-0.4, -0.2) is 17.5 Å². The van der Waals surface area contributed by atoms with Crippen molar-refractivity contribution >= 4 is 46.4 Å². The lowest BCUT2D eigenvalue weighted by molar-refractivity contribution is -0.121. The molecule has 0 atom stereocenters. The van der Waals surface area contributed by atoms with Crippen LogP contribution in [0.15, 0.2) is 88.4 Å². The fourth-order valence-electron chi connectivity index (χ4n) is 4.75. The Morgan fingerprint density at radius 1 is 0.895 bits per heavy atom. The van der Waals surface area contributed by atoms with Gasteiger partial charge in [-0.05, 0) is 43.0 Å². The van der Waals surface area contributed by atoms with Gasteiger partial charge >= 0.3 is 0 Å². The number of carbonyl (C=O) groups is 2. The molecule has 0 fully saturated rings. The lowest BCUT2D eigenvalue weighted by atomic mass is 9.90. The fourth-order valence-corrected chi connectivity index (χ4v) is 5.10. The molecule has 0 unspecified atom stereocenters. The first-order chi connectivity index (χ1) is 18.4. The van der Waals surface area contributed by atoms with Gasteiger partial charge in [-0.2, -0.15) is 5.10 Å². The Labute approximate surface area is 230 Å². The molecule has 192 valence electrons. The molecule has 0 radical (unpaired) electrons. The van der Waals surface area contributed by atoms with E-state index in [1.54, 1.807) is 18.2 Å². The molecule has 8 heteroatoms. The molecule has 1 aromatic heterocycles. The average molecular weight is 546 g/mol. The normalized spacial score (nSPS) is 13.8. The first kappa shape index (κ1) is 25.8. The van der Waals surface area contributed by atoms with Crippen molar-refractivity contribution < 1.29 is 14.0 Å². The molecule has 1 aliphatic rings. The molecular formula is C30H25Cl2N3O3. The molecule has 6 nitrogen and oxygen atoms in total. The lowest BCUT2D eigenvalue weighted by Gasteiger charge is -2.18. The predicted octanol–water partition coefficient (Wildman–Crippen LogP) is 7.14. The number of furan rings is 1. The molecule has 1 aliphatic carbocycles. The van der Waals surface area contributed by atoms with Crippen molar-refractivity contribution in [1.82, 2.24) is 5.43 Å². The number of aryl methyl sites for hydroxylation is 1. The maximum Gasteiger partial charge on any atom is 0.291 e. The number of carbonyl (C=O) groups excluding carboxylic acids is 2. The van der Waals surface area contributed by atoms with Gasteiger partial charge in [0, 0.05) is 17.5 Å². The van der Waals surface area contributed by atoms with Crippen LogP contribution in [0.2, 0.25) is 10.0 Å². The molecule has 2 N–H and O–H groups in total. The highest BCUT2D eigenvalue weighted by atomic mass is 35.5. The molecule has 0 spiro atoms. The number of hydrazone groups is 1. The first-order valence-corrected chi connectivity index (χ1v) is 13.0. The molecule has 3 aromatic carbocycles. The first-order valence-electron chi connectivity index (χ1n) is 12.3. The second kappa shape index (κ2) is 11.3. The second-order valence-corrected chi connectivity index (χ2v) is 9.84. The van der Waals surface area contributed by atoms with Crippen molar-refractivity contribution in [3.05, 3.63) is 123 Å². The Morgan fingerprint density at radius 2 is 1.55 bits per heavy atom. The van der Waals surface area contributed by atoms with Gasteiger partial charge in [-0.1, -0.05) is 89.9 Å². The third kappa shape index (κ3) is 5.23. The standard InChI is InChI=1S/C30H25Cl2N3O3/c1-18-25-22(34-35-29(36)26(19-10-4-2-5-11-19)20-12-6-3-7-13-20)15-9-17-24(25)38-28(18)30(37)33-23-16-8-14-21(31)27(23)32/h2-8,10-14,16,26H,9,15,17H2,1H3,(H,33,37)(H,35,36)/b34-22+. The molecule has 4 aromatic rings. The summed E-state index contributed by atoms with van der Waals surface area (Å²) in [6, 6.07) is 24.2. The zero-order chi connectivity index (χ0) is 26.6. The van der Waals surface area contributed by atoms with Crippen LogP contribution in [0.5, 0.6) is 0 Å². The molecule has 1 heterocycles. The summed E-state index contributed by atoms with van der Waals surface area (Å²) < 4.78 is 5.98. The minimum Gasteiger partial charge on any atom is -0.455 e. The van der Waals surface area contributed by atoms with Gasteiger partial charge in [0.2, 0.25) is 0 Å². The zero-order valence-corrected chi connectivity index (χ0v) is 22.1. The highest BCUT2D eigenvalue weighted by Crippen LogP contribution is 2.33. The maximum atomic E-state index is 13.4. The SMILES string of the molecule is Cc1c(C(=O)Nc2cccc(Cl)c2Cl)oc2c1/C(=N/NC(=O)C(c1ccccc1)c1ccccc1)CCC2. The van der Waals surface area contributed by atoms with E-state index in [9.17, 15) is 9.59 Å². The van der Waals surface area contributed by atoms with E-state index >= 15 is 0 Å². The number of amides is 2. The van der Waals surface area contributed by atoms with Gasteiger partial charge in [-0.15, -0.1) is 0 Å². The third-order valence-electron chi connectivity index (χ3n) is 6.56. The van der Waals surface area contributed by atoms with Crippen molar-refractivity contribution in [3.63, 3.8) is 0 Å². The van der Waals surface area contributed by atoms with E-state index in [1.165, 1.54) is 0 Å². The number of rotatable bonds is 6. The van der Waals surface area contributed by atoms with E-state index in [0.717, 1.165) is 23.1 Å². The van der Waals surface area contributed by atoms with Gasteiger partial charge in [0.25, 0.3) is 11.8 Å². The molecule has 0 saturated heterocycles. The van der Waals surface area contributed by atoms with E-state index < -0.39 is 11.8 Å². The van der Waals surface area contributed by atoms with Crippen LogP contribution in [0.3, 0.4) is 0 Å². The lowest BCUT2D eigenvalue weighted by Crippen LogP contribution is -2.28. The van der Waals surface area contributed by atoms with Gasteiger partial charge in [0.15, 0.2) is 5.76 Å². The number of hydrogen-bond donors (Lipinski definition) is 2. The second-order valence-electron chi connectivity index (χ2n) is 9.05. The fraction of sp³-hybridized carbons (Fsp3) is 0.167. The van der Waals surface area contributed by atoms with Gasteiger partial charge in [0.05, 0.1) is 27.4 Å². The third-order valence-corrected chi connectivity index (χ3v) is 7.38. The number of halogens is 2. The Balaban J connectivity index is 1.41. The number of anilines is 1. The van der Waals surface area contributed by atoms with Crippen LogP contribution in [0, 0.1) is 6.92 Å². The van der Waals surface area contributed by atoms with Crippen LogP contribution in [0.4, 0.5) is 5.69 Å². The molecule has 0 saturated carbocycles.